The number of benzene rings is 1. The Labute approximate surface area is 105 Å². The van der Waals surface area contributed by atoms with Crippen LogP contribution < -0.4 is 10.5 Å². The van der Waals surface area contributed by atoms with E-state index in [0.29, 0.717) is 5.82 Å². The zero-order chi connectivity index (χ0) is 12.4. The van der Waals surface area contributed by atoms with Crippen molar-refractivity contribution in [3.05, 3.63) is 23.8 Å². The average molecular weight is 249 g/mol. The Morgan fingerprint density at radius 1 is 1.35 bits per heavy atom. The molecule has 1 aromatic heterocycles. The van der Waals surface area contributed by atoms with Gasteiger partial charge in [-0.2, -0.15) is 5.10 Å². The number of ether oxygens (including phenoxy) is 1. The third kappa shape index (κ3) is 2.24. The van der Waals surface area contributed by atoms with Crippen LogP contribution in [0.2, 0.25) is 0 Å². The smallest absolute Gasteiger partial charge is 0.145 e. The third-order valence-electron chi connectivity index (χ3n) is 2.60. The zero-order valence-corrected chi connectivity index (χ0v) is 10.9. The first-order chi connectivity index (χ1) is 8.15. The molecule has 4 nitrogen and oxygen atoms in total. The Morgan fingerprint density at radius 3 is 2.65 bits per heavy atom. The highest BCUT2D eigenvalue weighted by Crippen LogP contribution is 2.35. The maximum absolute atomic E-state index is 5.63. The molecule has 0 aliphatic heterocycles. The second-order valence-electron chi connectivity index (χ2n) is 3.73. The summed E-state index contributed by atoms with van der Waals surface area (Å²) in [6.45, 7) is 2.03. The van der Waals surface area contributed by atoms with Gasteiger partial charge in [0.05, 0.1) is 12.8 Å². The molecule has 90 valence electrons. The van der Waals surface area contributed by atoms with E-state index < -0.39 is 0 Å². The maximum Gasteiger partial charge on any atom is 0.145 e. The van der Waals surface area contributed by atoms with Crippen LogP contribution in [0.4, 0.5) is 5.82 Å². The third-order valence-corrected chi connectivity index (χ3v) is 3.38. The fourth-order valence-electron chi connectivity index (χ4n) is 1.74. The molecule has 0 saturated carbocycles. The van der Waals surface area contributed by atoms with Crippen LogP contribution >= 0.6 is 11.8 Å². The fraction of sp³-hybridized carbons (Fsp3) is 0.250. The van der Waals surface area contributed by atoms with Gasteiger partial charge in [0.2, 0.25) is 0 Å². The lowest BCUT2D eigenvalue weighted by Crippen LogP contribution is -1.91. The summed E-state index contributed by atoms with van der Waals surface area (Å²) in [6.07, 6.45) is 2.05. The number of thioether (sulfide) groups is 1. The molecule has 0 aliphatic carbocycles. The summed E-state index contributed by atoms with van der Waals surface area (Å²) >= 11 is 1.69. The molecule has 5 heteroatoms. The summed E-state index contributed by atoms with van der Waals surface area (Å²) in [4.78, 5) is 1.17. The molecular formula is C12H15N3OS. The lowest BCUT2D eigenvalue weighted by molar-refractivity contribution is 0.411. The number of nitrogens with one attached hydrogen (secondary N) is 1. The predicted octanol–water partition coefficient (Wildman–Crippen LogP) is 2.70. The van der Waals surface area contributed by atoms with Crippen molar-refractivity contribution in [3.8, 4) is 17.0 Å². The summed E-state index contributed by atoms with van der Waals surface area (Å²) in [6, 6.07) is 5.94. The number of hydrogen-bond acceptors (Lipinski definition) is 4. The van der Waals surface area contributed by atoms with Crippen molar-refractivity contribution in [1.29, 1.82) is 0 Å². The number of H-pyrrole nitrogens is 1. The van der Waals surface area contributed by atoms with E-state index in [-0.39, 0.29) is 0 Å². The minimum atomic E-state index is 0.492. The molecular weight excluding hydrogens is 234 g/mol. The van der Waals surface area contributed by atoms with Gasteiger partial charge in [0, 0.05) is 16.5 Å². The molecule has 0 bridgehead atoms. The van der Waals surface area contributed by atoms with Gasteiger partial charge in [-0.3, -0.25) is 5.10 Å². The van der Waals surface area contributed by atoms with Crippen molar-refractivity contribution in [2.45, 2.75) is 11.8 Å². The number of aryl methyl sites for hydroxylation is 1. The molecule has 0 unspecified atom stereocenters. The Kier molecular flexibility index (Phi) is 3.28. The minimum Gasteiger partial charge on any atom is -0.496 e. The van der Waals surface area contributed by atoms with E-state index in [0.717, 1.165) is 22.6 Å². The lowest BCUT2D eigenvalue weighted by atomic mass is 10.1. The van der Waals surface area contributed by atoms with Crippen LogP contribution in [0.25, 0.3) is 11.3 Å². The van der Waals surface area contributed by atoms with E-state index in [4.69, 9.17) is 10.5 Å². The summed E-state index contributed by atoms with van der Waals surface area (Å²) in [5.41, 5.74) is 8.71. The molecule has 17 heavy (non-hydrogen) atoms. The van der Waals surface area contributed by atoms with Gasteiger partial charge in [0.25, 0.3) is 0 Å². The predicted molar refractivity (Wildman–Crippen MR) is 71.5 cm³/mol. The Morgan fingerprint density at radius 2 is 2.12 bits per heavy atom. The number of hydrogen-bond donors (Lipinski definition) is 2. The summed E-state index contributed by atoms with van der Waals surface area (Å²) in [5, 5.41) is 6.87. The van der Waals surface area contributed by atoms with Gasteiger partial charge in [-0.15, -0.1) is 11.8 Å². The van der Waals surface area contributed by atoms with Crippen LogP contribution in [0, 0.1) is 6.92 Å². The second-order valence-corrected chi connectivity index (χ2v) is 4.58. The van der Waals surface area contributed by atoms with Gasteiger partial charge in [-0.05, 0) is 30.9 Å². The summed E-state index contributed by atoms with van der Waals surface area (Å²) in [7, 11) is 1.67. The highest BCUT2D eigenvalue weighted by molar-refractivity contribution is 7.98. The van der Waals surface area contributed by atoms with Crippen LogP contribution in [0.15, 0.2) is 23.1 Å². The number of rotatable bonds is 3. The summed E-state index contributed by atoms with van der Waals surface area (Å²) in [5.74, 6) is 1.36. The van der Waals surface area contributed by atoms with E-state index in [9.17, 15) is 0 Å². The van der Waals surface area contributed by atoms with Gasteiger partial charge < -0.3 is 10.5 Å². The highest BCUT2D eigenvalue weighted by atomic mass is 32.2. The van der Waals surface area contributed by atoms with Crippen molar-refractivity contribution >= 4 is 17.6 Å². The summed E-state index contributed by atoms with van der Waals surface area (Å²) < 4.78 is 5.34. The molecule has 2 rings (SSSR count). The van der Waals surface area contributed by atoms with Crippen molar-refractivity contribution in [1.82, 2.24) is 10.2 Å². The van der Waals surface area contributed by atoms with Gasteiger partial charge >= 0.3 is 0 Å². The SMILES string of the molecule is COc1cc(-c2cc(N)n[nH]2)c(SC)cc1C. The van der Waals surface area contributed by atoms with Crippen molar-refractivity contribution < 1.29 is 4.74 Å². The molecule has 1 heterocycles. The van der Waals surface area contributed by atoms with E-state index in [2.05, 4.69) is 16.3 Å². The van der Waals surface area contributed by atoms with E-state index >= 15 is 0 Å². The lowest BCUT2D eigenvalue weighted by Gasteiger charge is -2.11. The second kappa shape index (κ2) is 4.71. The van der Waals surface area contributed by atoms with Crippen LogP contribution in [0.5, 0.6) is 5.75 Å². The van der Waals surface area contributed by atoms with Gasteiger partial charge in [0.15, 0.2) is 0 Å². The van der Waals surface area contributed by atoms with Crippen molar-refractivity contribution in [3.63, 3.8) is 0 Å². The van der Waals surface area contributed by atoms with Gasteiger partial charge in [-0.1, -0.05) is 0 Å². The van der Waals surface area contributed by atoms with Crippen LogP contribution in [0.1, 0.15) is 5.56 Å². The number of methoxy groups -OCH3 is 1. The number of nitrogens with zero attached hydrogens (tertiary/aromatic N) is 1. The average Bonchev–Trinajstić information content (AvgIpc) is 2.75. The number of nitrogen functional groups attached to an aromatic ring is 1. The van der Waals surface area contributed by atoms with E-state index in [1.54, 1.807) is 18.9 Å². The van der Waals surface area contributed by atoms with Crippen molar-refractivity contribution in [2.75, 3.05) is 19.1 Å². The van der Waals surface area contributed by atoms with Crippen molar-refractivity contribution in [2.24, 2.45) is 0 Å². The normalized spacial score (nSPS) is 10.5. The topological polar surface area (TPSA) is 63.9 Å². The van der Waals surface area contributed by atoms with E-state index in [1.165, 1.54) is 4.90 Å². The molecule has 0 atom stereocenters. The maximum atomic E-state index is 5.63. The van der Waals surface area contributed by atoms with Crippen LogP contribution in [0.3, 0.4) is 0 Å². The molecule has 2 aromatic rings. The van der Waals surface area contributed by atoms with Gasteiger partial charge in [0.1, 0.15) is 11.6 Å². The molecule has 3 N–H and O–H groups in total. The first kappa shape index (κ1) is 11.9. The molecule has 0 fully saturated rings. The monoisotopic (exact) mass is 249 g/mol. The number of nitrogens with two attached hydrogens (primary N) is 1. The molecule has 1 aromatic carbocycles. The molecule has 0 aliphatic rings. The minimum absolute atomic E-state index is 0.492. The Bertz CT molecular complexity index is 537. The quantitative estimate of drug-likeness (QED) is 0.821. The Hall–Kier alpha value is -1.62. The first-order valence-corrected chi connectivity index (χ1v) is 6.42. The van der Waals surface area contributed by atoms with E-state index in [1.807, 2.05) is 25.3 Å². The fourth-order valence-corrected chi connectivity index (χ4v) is 2.42. The number of aromatic nitrogens is 2. The standard InChI is InChI=1S/C12H15N3OS/c1-7-4-11(17-3)8(5-10(7)16-2)9-6-12(13)15-14-9/h4-6H,1-3H3,(H3,13,14,15). The first-order valence-electron chi connectivity index (χ1n) is 5.19. The number of aromatic amines is 1. The molecule has 0 radical (unpaired) electrons. The molecule has 0 spiro atoms. The number of anilines is 1. The van der Waals surface area contributed by atoms with Crippen LogP contribution in [-0.4, -0.2) is 23.6 Å². The van der Waals surface area contributed by atoms with Crippen LogP contribution in [-0.2, 0) is 0 Å². The highest BCUT2D eigenvalue weighted by Gasteiger charge is 2.11. The van der Waals surface area contributed by atoms with Gasteiger partial charge in [-0.25, -0.2) is 0 Å². The molecule has 0 amide bonds. The Balaban J connectivity index is 2.58. The largest absolute Gasteiger partial charge is 0.496 e. The zero-order valence-electron chi connectivity index (χ0n) is 10.1. The molecule has 0 saturated heterocycles.